The average Bonchev–Trinajstić information content (AvgIpc) is 2.66. The van der Waals surface area contributed by atoms with Crippen LogP contribution in [0.4, 0.5) is 5.69 Å². The van der Waals surface area contributed by atoms with E-state index in [1.165, 1.54) is 6.42 Å². The molecule has 1 saturated heterocycles. The summed E-state index contributed by atoms with van der Waals surface area (Å²) in [4.78, 5) is 6.55. The second kappa shape index (κ2) is 4.34. The van der Waals surface area contributed by atoms with Gasteiger partial charge in [0.05, 0.1) is 5.69 Å². The van der Waals surface area contributed by atoms with Crippen molar-refractivity contribution in [3.05, 3.63) is 30.3 Å². The van der Waals surface area contributed by atoms with E-state index in [0.29, 0.717) is 5.96 Å². The second-order valence-corrected chi connectivity index (χ2v) is 4.15. The quantitative estimate of drug-likeness (QED) is 0.560. The Morgan fingerprint density at radius 1 is 1.40 bits per heavy atom. The van der Waals surface area contributed by atoms with E-state index >= 15 is 0 Å². The third-order valence-electron chi connectivity index (χ3n) is 2.75. The number of guanidine groups is 1. The van der Waals surface area contributed by atoms with Crippen LogP contribution in [0.2, 0.25) is 0 Å². The van der Waals surface area contributed by atoms with Crippen molar-refractivity contribution in [1.82, 2.24) is 4.90 Å². The van der Waals surface area contributed by atoms with Crippen molar-refractivity contribution < 1.29 is 0 Å². The van der Waals surface area contributed by atoms with Gasteiger partial charge in [0.2, 0.25) is 0 Å². The summed E-state index contributed by atoms with van der Waals surface area (Å²) in [6, 6.07) is 9.85. The molecule has 80 valence electrons. The van der Waals surface area contributed by atoms with Crippen molar-refractivity contribution in [3.8, 4) is 0 Å². The topological polar surface area (TPSA) is 41.6 Å². The van der Waals surface area contributed by atoms with Gasteiger partial charge in [-0.1, -0.05) is 25.1 Å². The van der Waals surface area contributed by atoms with Crippen molar-refractivity contribution in [3.63, 3.8) is 0 Å². The van der Waals surface area contributed by atoms with Crippen molar-refractivity contribution in [2.24, 2.45) is 16.6 Å². The average molecular weight is 203 g/mol. The maximum Gasteiger partial charge on any atom is 0.196 e. The van der Waals surface area contributed by atoms with Gasteiger partial charge >= 0.3 is 0 Å². The number of hydrogen-bond donors (Lipinski definition) is 1. The molecule has 3 nitrogen and oxygen atoms in total. The molecule has 1 heterocycles. The van der Waals surface area contributed by atoms with Crippen LogP contribution in [0, 0.1) is 5.92 Å². The number of aliphatic imine (C=N–C) groups is 1. The molecule has 0 bridgehead atoms. The molecule has 0 aliphatic carbocycles. The molecule has 1 unspecified atom stereocenters. The van der Waals surface area contributed by atoms with Crippen molar-refractivity contribution >= 4 is 11.6 Å². The van der Waals surface area contributed by atoms with E-state index < -0.39 is 0 Å². The number of para-hydroxylation sites is 1. The van der Waals surface area contributed by atoms with Crippen LogP contribution in [0.1, 0.15) is 13.3 Å². The monoisotopic (exact) mass is 203 g/mol. The number of nitrogens with two attached hydrogens (primary N) is 1. The lowest BCUT2D eigenvalue weighted by Crippen LogP contribution is -2.35. The van der Waals surface area contributed by atoms with Crippen molar-refractivity contribution in [1.29, 1.82) is 0 Å². The van der Waals surface area contributed by atoms with Crippen LogP contribution in [-0.4, -0.2) is 23.9 Å². The molecule has 0 aromatic heterocycles. The van der Waals surface area contributed by atoms with Crippen LogP contribution < -0.4 is 5.73 Å². The van der Waals surface area contributed by atoms with E-state index in [-0.39, 0.29) is 0 Å². The zero-order valence-corrected chi connectivity index (χ0v) is 9.06. The fourth-order valence-electron chi connectivity index (χ4n) is 1.85. The predicted octanol–water partition coefficient (Wildman–Crippen LogP) is 1.97. The highest BCUT2D eigenvalue weighted by Crippen LogP contribution is 2.16. The molecule has 2 rings (SSSR count). The first-order chi connectivity index (χ1) is 7.25. The Labute approximate surface area is 90.6 Å². The summed E-state index contributed by atoms with van der Waals surface area (Å²) in [5.74, 6) is 1.38. The molecular formula is C12H17N3. The highest BCUT2D eigenvalue weighted by molar-refractivity contribution is 5.81. The molecule has 1 fully saturated rings. The fourth-order valence-corrected chi connectivity index (χ4v) is 1.85. The molecule has 0 radical (unpaired) electrons. The van der Waals surface area contributed by atoms with Crippen LogP contribution in [0.5, 0.6) is 0 Å². The first kappa shape index (κ1) is 10.0. The molecular weight excluding hydrogens is 186 g/mol. The van der Waals surface area contributed by atoms with Gasteiger partial charge in [0.15, 0.2) is 5.96 Å². The lowest BCUT2D eigenvalue weighted by Gasteiger charge is -2.16. The Morgan fingerprint density at radius 3 is 2.73 bits per heavy atom. The normalized spacial score (nSPS) is 22.1. The van der Waals surface area contributed by atoms with E-state index in [2.05, 4.69) is 16.8 Å². The maximum atomic E-state index is 5.95. The Balaban J connectivity index is 2.07. The zero-order chi connectivity index (χ0) is 10.7. The fraction of sp³-hybridized carbons (Fsp3) is 0.417. The van der Waals surface area contributed by atoms with Gasteiger partial charge in [0, 0.05) is 13.1 Å². The van der Waals surface area contributed by atoms with E-state index in [1.807, 2.05) is 30.3 Å². The second-order valence-electron chi connectivity index (χ2n) is 4.15. The van der Waals surface area contributed by atoms with Gasteiger partial charge in [0.1, 0.15) is 0 Å². The summed E-state index contributed by atoms with van der Waals surface area (Å²) < 4.78 is 0. The third-order valence-corrected chi connectivity index (χ3v) is 2.75. The lowest BCUT2D eigenvalue weighted by atomic mass is 10.2. The number of benzene rings is 1. The summed E-state index contributed by atoms with van der Waals surface area (Å²) in [6.45, 7) is 4.31. The summed E-state index contributed by atoms with van der Waals surface area (Å²) in [5, 5.41) is 0. The van der Waals surface area contributed by atoms with Crippen molar-refractivity contribution in [2.45, 2.75) is 13.3 Å². The standard InChI is InChI=1S/C12H17N3/c1-10-7-8-15(9-10)12(13)14-11-5-3-2-4-6-11/h2-6,10H,7-9H2,1H3,(H2,13,14). The molecule has 1 atom stereocenters. The van der Waals surface area contributed by atoms with E-state index in [9.17, 15) is 0 Å². The molecule has 0 amide bonds. The molecule has 2 N–H and O–H groups in total. The van der Waals surface area contributed by atoms with Gasteiger partial charge < -0.3 is 10.6 Å². The summed E-state index contributed by atoms with van der Waals surface area (Å²) in [5.41, 5.74) is 6.87. The SMILES string of the molecule is CC1CCN(C(N)=Nc2ccccc2)C1. The van der Waals surface area contributed by atoms with Gasteiger partial charge in [0.25, 0.3) is 0 Å². The zero-order valence-electron chi connectivity index (χ0n) is 9.06. The Kier molecular flexibility index (Phi) is 2.90. The predicted molar refractivity (Wildman–Crippen MR) is 63.1 cm³/mol. The van der Waals surface area contributed by atoms with Crippen LogP contribution in [0.15, 0.2) is 35.3 Å². The van der Waals surface area contributed by atoms with E-state index in [4.69, 9.17) is 5.73 Å². The van der Waals surface area contributed by atoms with Gasteiger partial charge in [-0.2, -0.15) is 0 Å². The smallest absolute Gasteiger partial charge is 0.196 e. The minimum absolute atomic E-state index is 0.644. The molecule has 15 heavy (non-hydrogen) atoms. The van der Waals surface area contributed by atoms with E-state index in [1.54, 1.807) is 0 Å². The molecule has 0 saturated carbocycles. The molecule has 3 heteroatoms. The van der Waals surface area contributed by atoms with Crippen LogP contribution >= 0.6 is 0 Å². The van der Waals surface area contributed by atoms with Gasteiger partial charge in [-0.15, -0.1) is 0 Å². The first-order valence-electron chi connectivity index (χ1n) is 5.40. The molecule has 1 aliphatic heterocycles. The summed E-state index contributed by atoms with van der Waals surface area (Å²) >= 11 is 0. The number of hydrogen-bond acceptors (Lipinski definition) is 1. The van der Waals surface area contributed by atoms with E-state index in [0.717, 1.165) is 24.7 Å². The maximum absolute atomic E-state index is 5.95. The van der Waals surface area contributed by atoms with Crippen LogP contribution in [0.25, 0.3) is 0 Å². The highest BCUT2D eigenvalue weighted by Gasteiger charge is 2.19. The highest BCUT2D eigenvalue weighted by atomic mass is 15.3. The minimum Gasteiger partial charge on any atom is -0.369 e. The Morgan fingerprint density at radius 2 is 2.13 bits per heavy atom. The first-order valence-corrected chi connectivity index (χ1v) is 5.40. The molecule has 1 aliphatic rings. The molecule has 1 aromatic carbocycles. The van der Waals surface area contributed by atoms with Gasteiger partial charge in [-0.05, 0) is 24.5 Å². The van der Waals surface area contributed by atoms with Gasteiger partial charge in [-0.25, -0.2) is 4.99 Å². The number of likely N-dealkylation sites (tertiary alicyclic amines) is 1. The largest absolute Gasteiger partial charge is 0.369 e. The van der Waals surface area contributed by atoms with Gasteiger partial charge in [-0.3, -0.25) is 0 Å². The lowest BCUT2D eigenvalue weighted by molar-refractivity contribution is 0.489. The Hall–Kier alpha value is -1.51. The minimum atomic E-state index is 0.644. The summed E-state index contributed by atoms with van der Waals surface area (Å²) in [6.07, 6.45) is 1.21. The van der Waals surface area contributed by atoms with Crippen LogP contribution in [0.3, 0.4) is 0 Å². The third kappa shape index (κ3) is 2.49. The Bertz CT molecular complexity index is 345. The number of rotatable bonds is 1. The molecule has 1 aromatic rings. The molecule has 0 spiro atoms. The van der Waals surface area contributed by atoms with Crippen LogP contribution in [-0.2, 0) is 0 Å². The van der Waals surface area contributed by atoms with Crippen molar-refractivity contribution in [2.75, 3.05) is 13.1 Å². The number of nitrogens with zero attached hydrogens (tertiary/aromatic N) is 2. The summed E-state index contributed by atoms with van der Waals surface area (Å²) in [7, 11) is 0.